The monoisotopic (exact) mass is 662 g/mol. The van der Waals surface area contributed by atoms with Crippen molar-refractivity contribution in [3.63, 3.8) is 0 Å². The van der Waals surface area contributed by atoms with Crippen LogP contribution in [0.4, 0.5) is 17.1 Å². The number of nitrogens with zero attached hydrogens (tertiary/aromatic N) is 2. The molecule has 0 unspecified atom stereocenters. The predicted molar refractivity (Wildman–Crippen MR) is 240 cm³/mol. The molecular weight excluding hydrogens is 641 g/mol. The second-order valence-electron chi connectivity index (χ2n) is 13.2. The highest BCUT2D eigenvalue weighted by Gasteiger charge is 2.25. The van der Waals surface area contributed by atoms with Crippen molar-refractivity contribution in [1.82, 2.24) is 4.57 Å². The Morgan fingerprint density at radius 2 is 0.852 bits per heavy atom. The first-order chi connectivity index (χ1) is 26.0. The number of aromatic nitrogens is 1. The van der Waals surface area contributed by atoms with Gasteiger partial charge in [0.15, 0.2) is 0 Å². The number of fused-ring (bicyclic) bond motifs is 3. The first-order valence-corrected chi connectivity index (χ1v) is 17.1. The number of para-hydroxylation sites is 1. The van der Waals surface area contributed by atoms with Crippen LogP contribution in [0.2, 0.25) is 0 Å². The van der Waals surface area contributed by atoms with Gasteiger partial charge < -0.3 is 9.47 Å². The Balaban J connectivity index is 1.39. The van der Waals surface area contributed by atoms with E-state index in [1.807, 2.05) is 48.5 Å². The van der Waals surface area contributed by atoms with E-state index in [9.17, 15) is 0 Å². The molecule has 2 nitrogen and oxygen atoms in total. The Kier molecular flexibility index (Phi) is 9.21. The molecule has 1 heterocycles. The predicted octanol–water partition coefficient (Wildman–Crippen LogP) is -0.474. The molecule has 0 spiro atoms. The molecule has 8 aromatic rings. The summed E-state index contributed by atoms with van der Waals surface area (Å²) in [5.74, 6) is 0. The summed E-state index contributed by atoms with van der Waals surface area (Å²) < 4.78 is 2.29. The normalized spacial score (nSPS) is 11.3. The lowest BCUT2D eigenvalue weighted by Gasteiger charge is -2.36. The molecular formula is C42H20B10N2. The minimum atomic E-state index is 0.0421. The average molecular weight is 661 g/mol. The molecule has 0 aliphatic carbocycles. The summed E-state index contributed by atoms with van der Waals surface area (Å²) in [4.78, 5) is 1.64. The minimum absolute atomic E-state index is 0.0421. The van der Waals surface area contributed by atoms with Crippen molar-refractivity contribution in [2.24, 2.45) is 0 Å². The quantitative estimate of drug-likeness (QED) is 0.219. The van der Waals surface area contributed by atoms with Gasteiger partial charge >= 0.3 is 0 Å². The van der Waals surface area contributed by atoms with Gasteiger partial charge in [0, 0.05) is 33.5 Å². The number of anilines is 3. The summed E-state index contributed by atoms with van der Waals surface area (Å²) in [7, 11) is 64.5. The van der Waals surface area contributed by atoms with Crippen molar-refractivity contribution in [3.05, 3.63) is 121 Å². The van der Waals surface area contributed by atoms with Gasteiger partial charge in [0.25, 0.3) is 0 Å². The van der Waals surface area contributed by atoms with Gasteiger partial charge in [-0.2, -0.15) is 0 Å². The maximum Gasteiger partial charge on any atom is 0.115 e. The van der Waals surface area contributed by atoms with Crippen LogP contribution in [0.15, 0.2) is 121 Å². The van der Waals surface area contributed by atoms with Crippen LogP contribution in [0.25, 0.3) is 49.7 Å². The highest BCUT2D eigenvalue weighted by molar-refractivity contribution is 6.71. The fourth-order valence-electron chi connectivity index (χ4n) is 7.31. The molecule has 0 saturated carbocycles. The Hall–Kier alpha value is -5.21. The third-order valence-electron chi connectivity index (χ3n) is 10.1. The minimum Gasteiger partial charge on any atom is -0.313 e. The van der Waals surface area contributed by atoms with E-state index in [0.29, 0.717) is 5.69 Å². The van der Waals surface area contributed by atoms with Crippen LogP contribution in [-0.2, 0) is 0 Å². The van der Waals surface area contributed by atoms with E-state index >= 15 is 0 Å². The molecule has 0 amide bonds. The average Bonchev–Trinajstić information content (AvgIpc) is 3.54. The van der Waals surface area contributed by atoms with Crippen molar-refractivity contribution in [1.29, 1.82) is 0 Å². The summed E-state index contributed by atoms with van der Waals surface area (Å²) in [6, 6.07) is 41.3. The second-order valence-corrected chi connectivity index (χ2v) is 13.2. The molecule has 8 rings (SSSR count). The Morgan fingerprint density at radius 3 is 1.43 bits per heavy atom. The molecule has 0 fully saturated rings. The summed E-state index contributed by atoms with van der Waals surface area (Å²) in [5, 5.41) is 2.26. The molecule has 54 heavy (non-hydrogen) atoms. The number of hydrogen-bond donors (Lipinski definition) is 0. The van der Waals surface area contributed by atoms with E-state index in [1.54, 1.807) is 4.90 Å². The van der Waals surface area contributed by atoms with E-state index < -0.39 is 0 Å². The lowest BCUT2D eigenvalue weighted by atomic mass is 9.60. The van der Waals surface area contributed by atoms with Crippen molar-refractivity contribution < 1.29 is 0 Å². The van der Waals surface area contributed by atoms with E-state index in [-0.39, 0.29) is 66.0 Å². The van der Waals surface area contributed by atoms with Crippen LogP contribution >= 0.6 is 0 Å². The smallest absolute Gasteiger partial charge is 0.115 e. The molecule has 0 saturated heterocycles. The number of benzene rings is 7. The molecule has 228 valence electrons. The Bertz CT molecular complexity index is 2650. The summed E-state index contributed by atoms with van der Waals surface area (Å²) in [6.07, 6.45) is 0. The molecule has 20 radical (unpaired) electrons. The Labute approximate surface area is 329 Å². The van der Waals surface area contributed by atoms with E-state index in [0.717, 1.165) is 49.7 Å². The van der Waals surface area contributed by atoms with Crippen LogP contribution < -0.4 is 59.5 Å². The molecule has 0 atom stereocenters. The lowest BCUT2D eigenvalue weighted by molar-refractivity contribution is 1.18. The van der Waals surface area contributed by atoms with Crippen molar-refractivity contribution in [2.75, 3.05) is 4.90 Å². The third kappa shape index (κ3) is 5.65. The zero-order valence-electron chi connectivity index (χ0n) is 29.2. The molecule has 7 aromatic carbocycles. The van der Waals surface area contributed by atoms with Gasteiger partial charge in [-0.05, 0) is 58.7 Å². The van der Waals surface area contributed by atoms with Gasteiger partial charge in [0.05, 0.1) is 11.0 Å². The molecule has 1 aromatic heterocycles. The van der Waals surface area contributed by atoms with Gasteiger partial charge in [0.2, 0.25) is 0 Å². The SMILES string of the molecule is [B]c1c([B])c([B])c(N(c2cccc(-c3ccc4c5c(-c6ccccc6)cccc5n(-c5ccccc5)c4c3)c2)c2c([B])c([B])c([B])c([B])c2[B])c([B])c1[B]. The Morgan fingerprint density at radius 1 is 0.370 bits per heavy atom. The van der Waals surface area contributed by atoms with Crippen molar-refractivity contribution in [2.45, 2.75) is 0 Å². The van der Waals surface area contributed by atoms with Crippen LogP contribution in [0.1, 0.15) is 0 Å². The van der Waals surface area contributed by atoms with Crippen molar-refractivity contribution >= 4 is 172 Å². The van der Waals surface area contributed by atoms with Crippen LogP contribution in [0.5, 0.6) is 0 Å². The highest BCUT2D eigenvalue weighted by atomic mass is 15.1. The van der Waals surface area contributed by atoms with Crippen LogP contribution in [0, 0.1) is 0 Å². The van der Waals surface area contributed by atoms with E-state index in [4.69, 9.17) is 78.5 Å². The molecule has 0 N–H and O–H groups in total. The van der Waals surface area contributed by atoms with E-state index in [1.165, 1.54) is 0 Å². The number of rotatable bonds is 6. The van der Waals surface area contributed by atoms with Gasteiger partial charge in [-0.15, -0.1) is 32.8 Å². The van der Waals surface area contributed by atoms with Gasteiger partial charge in [-0.1, -0.05) is 107 Å². The molecule has 0 aliphatic rings. The second kappa shape index (κ2) is 13.9. The standard InChI is InChI=1S/C42H20B10N2/c43-31-33(45)37(49)41(38(50)34(31)46)54(42-39(51)35(47)32(44)36(48)40(42)52)25-14-7-11-22(19-25)23-17-18-27-29(20-23)53(24-12-5-2-6-13-24)28-16-8-15-26(30(27)28)21-9-3-1-4-10-21/h1-20H. The maximum atomic E-state index is 6.66. The van der Waals surface area contributed by atoms with Crippen LogP contribution in [0.3, 0.4) is 0 Å². The largest absolute Gasteiger partial charge is 0.313 e. The van der Waals surface area contributed by atoms with E-state index in [2.05, 4.69) is 77.4 Å². The topological polar surface area (TPSA) is 8.17 Å². The molecule has 12 heteroatoms. The van der Waals surface area contributed by atoms with Gasteiger partial charge in [0.1, 0.15) is 78.5 Å². The van der Waals surface area contributed by atoms with Crippen molar-refractivity contribution in [3.8, 4) is 27.9 Å². The summed E-state index contributed by atoms with van der Waals surface area (Å²) in [6.45, 7) is 0. The first kappa shape index (κ1) is 35.8. The molecule has 0 aliphatic heterocycles. The van der Waals surface area contributed by atoms with Crippen LogP contribution in [-0.4, -0.2) is 83.0 Å². The first-order valence-electron chi connectivity index (χ1n) is 17.1. The number of hydrogen-bond acceptors (Lipinski definition) is 1. The zero-order chi connectivity index (χ0) is 38.0. The maximum absolute atomic E-state index is 6.66. The lowest BCUT2D eigenvalue weighted by Crippen LogP contribution is -2.59. The van der Waals surface area contributed by atoms with Gasteiger partial charge in [-0.25, -0.2) is 0 Å². The third-order valence-corrected chi connectivity index (χ3v) is 10.1. The molecule has 0 bridgehead atoms. The highest BCUT2D eigenvalue weighted by Crippen LogP contribution is 2.40. The summed E-state index contributed by atoms with van der Waals surface area (Å²) in [5.41, 5.74) is 8.67. The summed E-state index contributed by atoms with van der Waals surface area (Å²) >= 11 is 0. The fourth-order valence-corrected chi connectivity index (χ4v) is 7.31. The zero-order valence-corrected chi connectivity index (χ0v) is 29.2. The fraction of sp³-hybridized carbons (Fsp3) is 0. The van der Waals surface area contributed by atoms with Gasteiger partial charge in [-0.3, -0.25) is 0 Å².